The highest BCUT2D eigenvalue weighted by molar-refractivity contribution is 6.32. The van der Waals surface area contributed by atoms with E-state index in [0.29, 0.717) is 17.0 Å². The van der Waals surface area contributed by atoms with Crippen LogP contribution in [0.3, 0.4) is 0 Å². The van der Waals surface area contributed by atoms with Crippen LogP contribution in [0.4, 0.5) is 0 Å². The molecule has 17 heavy (non-hydrogen) atoms. The summed E-state index contributed by atoms with van der Waals surface area (Å²) in [5, 5.41) is 4.17. The Balaban J connectivity index is 2.89. The smallest absolute Gasteiger partial charge is 0.137 e. The molecule has 0 bridgehead atoms. The zero-order chi connectivity index (χ0) is 12.8. The molecule has 1 rings (SSSR count). The zero-order valence-corrected chi connectivity index (χ0v) is 11.8. The van der Waals surface area contributed by atoms with E-state index < -0.39 is 0 Å². The fourth-order valence-corrected chi connectivity index (χ4v) is 2.22. The number of methoxy groups -OCH3 is 1. The van der Waals surface area contributed by atoms with Crippen molar-refractivity contribution in [2.75, 3.05) is 13.7 Å². The largest absolute Gasteiger partial charge is 0.495 e. The Hall–Kier alpha value is -0.730. The molecule has 0 aromatic heterocycles. The predicted molar refractivity (Wildman–Crippen MR) is 73.9 cm³/mol. The van der Waals surface area contributed by atoms with Crippen LogP contribution < -0.4 is 10.1 Å². The second-order valence-corrected chi connectivity index (χ2v) is 5.04. The van der Waals surface area contributed by atoms with Crippen LogP contribution in [0, 0.1) is 5.92 Å². The number of hydrogen-bond donors (Lipinski definition) is 1. The van der Waals surface area contributed by atoms with E-state index in [1.165, 1.54) is 5.56 Å². The van der Waals surface area contributed by atoms with Crippen molar-refractivity contribution in [3.63, 3.8) is 0 Å². The molecule has 1 unspecified atom stereocenters. The van der Waals surface area contributed by atoms with Gasteiger partial charge in [-0.2, -0.15) is 0 Å². The van der Waals surface area contributed by atoms with Crippen LogP contribution in [0.25, 0.3) is 0 Å². The van der Waals surface area contributed by atoms with Crippen molar-refractivity contribution in [3.8, 4) is 5.75 Å². The summed E-state index contributed by atoms with van der Waals surface area (Å²) in [5.41, 5.74) is 1.23. The van der Waals surface area contributed by atoms with E-state index in [2.05, 4.69) is 32.2 Å². The molecule has 0 spiro atoms. The molecule has 1 aromatic carbocycles. The lowest BCUT2D eigenvalue weighted by atomic mass is 9.97. The molecule has 0 saturated carbocycles. The van der Waals surface area contributed by atoms with Gasteiger partial charge in [0.05, 0.1) is 12.1 Å². The lowest BCUT2D eigenvalue weighted by Crippen LogP contribution is -2.22. The van der Waals surface area contributed by atoms with Gasteiger partial charge < -0.3 is 10.1 Å². The van der Waals surface area contributed by atoms with Crippen molar-refractivity contribution in [2.45, 2.75) is 33.2 Å². The van der Waals surface area contributed by atoms with Gasteiger partial charge in [0, 0.05) is 6.04 Å². The summed E-state index contributed by atoms with van der Waals surface area (Å²) in [6.45, 7) is 7.55. The van der Waals surface area contributed by atoms with E-state index in [1.807, 2.05) is 12.1 Å². The number of nitrogens with one attached hydrogen (secondary N) is 1. The minimum atomic E-state index is 0.364. The number of halogens is 1. The summed E-state index contributed by atoms with van der Waals surface area (Å²) in [6.07, 6.45) is 1.11. The minimum Gasteiger partial charge on any atom is -0.495 e. The minimum absolute atomic E-state index is 0.364. The summed E-state index contributed by atoms with van der Waals surface area (Å²) in [6, 6.07) is 6.38. The van der Waals surface area contributed by atoms with E-state index in [-0.39, 0.29) is 0 Å². The first-order chi connectivity index (χ1) is 8.08. The van der Waals surface area contributed by atoms with Crippen LogP contribution in [0.5, 0.6) is 5.75 Å². The molecule has 0 aliphatic heterocycles. The van der Waals surface area contributed by atoms with Gasteiger partial charge in [0.2, 0.25) is 0 Å². The molecule has 0 radical (unpaired) electrons. The molecule has 96 valence electrons. The molecular weight excluding hydrogens is 234 g/mol. The average Bonchev–Trinajstić information content (AvgIpc) is 2.28. The van der Waals surface area contributed by atoms with Crippen LogP contribution in [0.1, 0.15) is 38.8 Å². The summed E-state index contributed by atoms with van der Waals surface area (Å²) in [7, 11) is 1.64. The van der Waals surface area contributed by atoms with E-state index in [4.69, 9.17) is 16.3 Å². The monoisotopic (exact) mass is 255 g/mol. The van der Waals surface area contributed by atoms with Crippen molar-refractivity contribution >= 4 is 11.6 Å². The quantitative estimate of drug-likeness (QED) is 0.828. The van der Waals surface area contributed by atoms with E-state index in [1.54, 1.807) is 7.11 Å². The van der Waals surface area contributed by atoms with Gasteiger partial charge in [-0.1, -0.05) is 38.4 Å². The third kappa shape index (κ3) is 4.21. The molecule has 0 amide bonds. The standard InChI is InChI=1S/C14H22ClNO/c1-5-16-13(8-10(2)3)11-6-7-14(17-4)12(15)9-11/h6-7,9-10,13,16H,5,8H2,1-4H3. The predicted octanol–water partition coefficient (Wildman–Crippen LogP) is 4.05. The van der Waals surface area contributed by atoms with Crippen molar-refractivity contribution in [1.82, 2.24) is 5.32 Å². The molecule has 2 nitrogen and oxygen atoms in total. The second kappa shape index (κ2) is 6.87. The highest BCUT2D eigenvalue weighted by Gasteiger charge is 2.13. The first kappa shape index (κ1) is 14.3. The number of rotatable bonds is 6. The topological polar surface area (TPSA) is 21.3 Å². The highest BCUT2D eigenvalue weighted by Crippen LogP contribution is 2.29. The lowest BCUT2D eigenvalue weighted by Gasteiger charge is -2.21. The van der Waals surface area contributed by atoms with Crippen LogP contribution in [0.15, 0.2) is 18.2 Å². The SMILES string of the molecule is CCNC(CC(C)C)c1ccc(OC)c(Cl)c1. The normalized spacial score (nSPS) is 12.8. The number of hydrogen-bond acceptors (Lipinski definition) is 2. The summed E-state index contributed by atoms with van der Waals surface area (Å²) >= 11 is 6.16. The molecule has 0 saturated heterocycles. The zero-order valence-electron chi connectivity index (χ0n) is 11.1. The van der Waals surface area contributed by atoms with Gasteiger partial charge in [0.25, 0.3) is 0 Å². The Morgan fingerprint density at radius 2 is 2.06 bits per heavy atom. The Labute approximate surface area is 109 Å². The van der Waals surface area contributed by atoms with E-state index in [9.17, 15) is 0 Å². The van der Waals surface area contributed by atoms with Crippen molar-refractivity contribution in [2.24, 2.45) is 5.92 Å². The molecule has 0 aliphatic rings. The number of ether oxygens (including phenoxy) is 1. The second-order valence-electron chi connectivity index (χ2n) is 4.63. The van der Waals surface area contributed by atoms with E-state index >= 15 is 0 Å². The molecule has 1 N–H and O–H groups in total. The molecule has 1 atom stereocenters. The highest BCUT2D eigenvalue weighted by atomic mass is 35.5. The van der Waals surface area contributed by atoms with Gasteiger partial charge in [-0.15, -0.1) is 0 Å². The van der Waals surface area contributed by atoms with Gasteiger partial charge in [0.1, 0.15) is 5.75 Å². The van der Waals surface area contributed by atoms with Gasteiger partial charge in [-0.05, 0) is 36.6 Å². The first-order valence-electron chi connectivity index (χ1n) is 6.15. The fourth-order valence-electron chi connectivity index (χ4n) is 1.95. The Morgan fingerprint density at radius 1 is 1.35 bits per heavy atom. The van der Waals surface area contributed by atoms with Crippen molar-refractivity contribution in [3.05, 3.63) is 28.8 Å². The first-order valence-corrected chi connectivity index (χ1v) is 6.53. The summed E-state index contributed by atoms with van der Waals surface area (Å²) in [4.78, 5) is 0. The molecule has 0 fully saturated rings. The summed E-state index contributed by atoms with van der Waals surface area (Å²) in [5.74, 6) is 1.38. The fraction of sp³-hybridized carbons (Fsp3) is 0.571. The lowest BCUT2D eigenvalue weighted by molar-refractivity contribution is 0.413. The van der Waals surface area contributed by atoms with Crippen molar-refractivity contribution < 1.29 is 4.74 Å². The van der Waals surface area contributed by atoms with Gasteiger partial charge in [0.15, 0.2) is 0 Å². The van der Waals surface area contributed by atoms with Gasteiger partial charge in [-0.25, -0.2) is 0 Å². The maximum Gasteiger partial charge on any atom is 0.137 e. The maximum absolute atomic E-state index is 6.16. The third-order valence-corrected chi connectivity index (χ3v) is 3.03. The third-order valence-electron chi connectivity index (χ3n) is 2.74. The molecule has 3 heteroatoms. The molecule has 1 aromatic rings. The van der Waals surface area contributed by atoms with Crippen LogP contribution in [-0.4, -0.2) is 13.7 Å². The van der Waals surface area contributed by atoms with Gasteiger partial charge >= 0.3 is 0 Å². The Morgan fingerprint density at radius 3 is 2.53 bits per heavy atom. The molecular formula is C14H22ClNO. The Kier molecular flexibility index (Phi) is 5.79. The summed E-state index contributed by atoms with van der Waals surface area (Å²) < 4.78 is 5.17. The maximum atomic E-state index is 6.16. The van der Waals surface area contributed by atoms with Crippen LogP contribution in [-0.2, 0) is 0 Å². The van der Waals surface area contributed by atoms with E-state index in [0.717, 1.165) is 18.7 Å². The van der Waals surface area contributed by atoms with Crippen LogP contribution in [0.2, 0.25) is 5.02 Å². The Bertz CT molecular complexity index is 352. The van der Waals surface area contributed by atoms with Crippen molar-refractivity contribution in [1.29, 1.82) is 0 Å². The van der Waals surface area contributed by atoms with Gasteiger partial charge in [-0.3, -0.25) is 0 Å². The van der Waals surface area contributed by atoms with Crippen LogP contribution >= 0.6 is 11.6 Å². The molecule has 0 heterocycles. The average molecular weight is 256 g/mol. The molecule has 0 aliphatic carbocycles. The number of benzene rings is 1.